The van der Waals surface area contributed by atoms with Gasteiger partial charge in [-0.05, 0) is 47.5 Å². The lowest BCUT2D eigenvalue weighted by atomic mass is 10.1. The van der Waals surface area contributed by atoms with E-state index < -0.39 is 14.9 Å². The molecule has 3 aromatic rings. The Balaban J connectivity index is 1.89. The molecule has 0 saturated heterocycles. The monoisotopic (exact) mass is 400 g/mol. The number of sulfonamides is 1. The number of aryl methyl sites for hydroxylation is 1. The molecule has 0 aliphatic carbocycles. The van der Waals surface area contributed by atoms with Crippen LogP contribution >= 0.6 is 0 Å². The number of nitrogens with zero attached hydrogens (tertiary/aromatic N) is 2. The maximum Gasteiger partial charge on any atom is 0.273 e. The van der Waals surface area contributed by atoms with Crippen LogP contribution in [0.15, 0.2) is 59.5 Å². The fraction of sp³-hybridized carbons (Fsp3) is 0.200. The van der Waals surface area contributed by atoms with Crippen molar-refractivity contribution in [2.45, 2.75) is 18.4 Å². The van der Waals surface area contributed by atoms with Crippen LogP contribution in [0.3, 0.4) is 0 Å². The number of nitro groups is 1. The molecule has 0 aliphatic heterocycles. The van der Waals surface area contributed by atoms with Crippen molar-refractivity contribution in [1.82, 2.24) is 4.31 Å². The van der Waals surface area contributed by atoms with Crippen molar-refractivity contribution in [3.8, 4) is 5.75 Å². The standard InChI is InChI=1S/C20H20N2O5S/c1-14-4-9-19(12-20(14)22(23)24)28(25,26)21(2)13-15-5-6-17-11-18(27-3)8-7-16(17)10-15/h4-12H,13H2,1-3H3. The van der Waals surface area contributed by atoms with Crippen molar-refractivity contribution in [2.24, 2.45) is 0 Å². The van der Waals surface area contributed by atoms with Gasteiger partial charge >= 0.3 is 0 Å². The molecular formula is C20H20N2O5S. The van der Waals surface area contributed by atoms with Gasteiger partial charge in [0.2, 0.25) is 10.0 Å². The molecule has 0 saturated carbocycles. The van der Waals surface area contributed by atoms with Crippen LogP contribution in [0.25, 0.3) is 10.8 Å². The Labute approximate surface area is 163 Å². The third-order valence-electron chi connectivity index (χ3n) is 4.60. The Kier molecular flexibility index (Phi) is 5.35. The van der Waals surface area contributed by atoms with Crippen LogP contribution in [0.4, 0.5) is 5.69 Å². The molecule has 0 spiro atoms. The summed E-state index contributed by atoms with van der Waals surface area (Å²) in [5.41, 5.74) is 1.01. The van der Waals surface area contributed by atoms with Crippen molar-refractivity contribution in [3.63, 3.8) is 0 Å². The molecule has 3 aromatic carbocycles. The van der Waals surface area contributed by atoms with Gasteiger partial charge in [0, 0.05) is 25.2 Å². The van der Waals surface area contributed by atoms with E-state index in [-0.39, 0.29) is 17.1 Å². The number of hydrogen-bond donors (Lipinski definition) is 0. The van der Waals surface area contributed by atoms with Gasteiger partial charge in [0.25, 0.3) is 5.69 Å². The van der Waals surface area contributed by atoms with Crippen LogP contribution < -0.4 is 4.74 Å². The van der Waals surface area contributed by atoms with Gasteiger partial charge in [-0.1, -0.05) is 24.3 Å². The molecular weight excluding hydrogens is 380 g/mol. The second-order valence-corrected chi connectivity index (χ2v) is 8.56. The molecule has 0 fully saturated rings. The lowest BCUT2D eigenvalue weighted by Gasteiger charge is -2.18. The fourth-order valence-corrected chi connectivity index (χ4v) is 4.15. The second-order valence-electron chi connectivity index (χ2n) is 6.51. The maximum absolute atomic E-state index is 12.9. The number of hydrogen-bond acceptors (Lipinski definition) is 5. The van der Waals surface area contributed by atoms with E-state index in [9.17, 15) is 18.5 Å². The summed E-state index contributed by atoms with van der Waals surface area (Å²) >= 11 is 0. The first-order valence-electron chi connectivity index (χ1n) is 8.50. The summed E-state index contributed by atoms with van der Waals surface area (Å²) in [4.78, 5) is 10.4. The van der Waals surface area contributed by atoms with E-state index in [1.165, 1.54) is 23.5 Å². The summed E-state index contributed by atoms with van der Waals surface area (Å²) in [5, 5.41) is 13.1. The SMILES string of the molecule is COc1ccc2cc(CN(C)S(=O)(=O)c3ccc(C)c([N+](=O)[O-])c3)ccc2c1. The van der Waals surface area contributed by atoms with E-state index in [2.05, 4.69) is 0 Å². The highest BCUT2D eigenvalue weighted by molar-refractivity contribution is 7.89. The van der Waals surface area contributed by atoms with Crippen molar-refractivity contribution >= 4 is 26.5 Å². The first-order valence-corrected chi connectivity index (χ1v) is 9.94. The van der Waals surface area contributed by atoms with E-state index in [4.69, 9.17) is 4.74 Å². The second kappa shape index (κ2) is 7.57. The van der Waals surface area contributed by atoms with Crippen LogP contribution in [-0.4, -0.2) is 31.8 Å². The van der Waals surface area contributed by atoms with Gasteiger partial charge in [0.15, 0.2) is 0 Å². The van der Waals surface area contributed by atoms with Crippen LogP contribution in [-0.2, 0) is 16.6 Å². The minimum atomic E-state index is -3.87. The molecule has 0 aromatic heterocycles. The molecule has 0 atom stereocenters. The van der Waals surface area contributed by atoms with Crippen LogP contribution in [0, 0.1) is 17.0 Å². The smallest absolute Gasteiger partial charge is 0.273 e. The van der Waals surface area contributed by atoms with Gasteiger partial charge in [0.05, 0.1) is 16.9 Å². The minimum absolute atomic E-state index is 0.0992. The van der Waals surface area contributed by atoms with Gasteiger partial charge in [-0.15, -0.1) is 0 Å². The van der Waals surface area contributed by atoms with Crippen molar-refractivity contribution in [3.05, 3.63) is 75.8 Å². The third-order valence-corrected chi connectivity index (χ3v) is 6.40. The molecule has 0 N–H and O–H groups in total. The van der Waals surface area contributed by atoms with Gasteiger partial charge in [-0.3, -0.25) is 10.1 Å². The zero-order valence-corrected chi connectivity index (χ0v) is 16.6. The van der Waals surface area contributed by atoms with Crippen molar-refractivity contribution in [2.75, 3.05) is 14.2 Å². The van der Waals surface area contributed by atoms with Gasteiger partial charge in [0.1, 0.15) is 5.75 Å². The van der Waals surface area contributed by atoms with Crippen LogP contribution in [0.2, 0.25) is 0 Å². The lowest BCUT2D eigenvalue weighted by molar-refractivity contribution is -0.385. The van der Waals surface area contributed by atoms with Gasteiger partial charge in [-0.25, -0.2) is 8.42 Å². The quantitative estimate of drug-likeness (QED) is 0.463. The molecule has 0 heterocycles. The molecule has 0 amide bonds. The first kappa shape index (κ1) is 19.8. The Morgan fingerprint density at radius 1 is 1.04 bits per heavy atom. The predicted molar refractivity (Wildman–Crippen MR) is 107 cm³/mol. The molecule has 146 valence electrons. The maximum atomic E-state index is 12.9. The number of rotatable bonds is 6. The zero-order valence-electron chi connectivity index (χ0n) is 15.7. The van der Waals surface area contributed by atoms with Crippen LogP contribution in [0.5, 0.6) is 5.75 Å². The Bertz CT molecular complexity index is 1160. The number of fused-ring (bicyclic) bond motifs is 1. The number of benzene rings is 3. The number of ether oxygens (including phenoxy) is 1. The van der Waals surface area contributed by atoms with Gasteiger partial charge < -0.3 is 4.74 Å². The molecule has 0 aliphatic rings. The largest absolute Gasteiger partial charge is 0.497 e. The molecule has 0 unspecified atom stereocenters. The summed E-state index contributed by atoms with van der Waals surface area (Å²) in [6.07, 6.45) is 0. The van der Waals surface area contributed by atoms with E-state index in [1.54, 1.807) is 14.0 Å². The summed E-state index contributed by atoms with van der Waals surface area (Å²) < 4.78 is 32.1. The third kappa shape index (κ3) is 3.83. The molecule has 7 nitrogen and oxygen atoms in total. The normalized spacial score (nSPS) is 11.7. The Morgan fingerprint density at radius 3 is 2.39 bits per heavy atom. The highest BCUT2D eigenvalue weighted by Gasteiger charge is 2.24. The lowest BCUT2D eigenvalue weighted by Crippen LogP contribution is -2.26. The molecule has 28 heavy (non-hydrogen) atoms. The van der Waals surface area contributed by atoms with E-state index in [0.717, 1.165) is 28.2 Å². The first-order chi connectivity index (χ1) is 13.2. The van der Waals surface area contributed by atoms with Crippen molar-refractivity contribution in [1.29, 1.82) is 0 Å². The molecule has 8 heteroatoms. The summed E-state index contributed by atoms with van der Waals surface area (Å²) in [6.45, 7) is 1.72. The van der Waals surface area contributed by atoms with Gasteiger partial charge in [-0.2, -0.15) is 4.31 Å². The van der Waals surface area contributed by atoms with Crippen molar-refractivity contribution < 1.29 is 18.1 Å². The molecule has 0 radical (unpaired) electrons. The minimum Gasteiger partial charge on any atom is -0.497 e. The summed E-state index contributed by atoms with van der Waals surface area (Å²) in [7, 11) is -0.805. The van der Waals surface area contributed by atoms with E-state index >= 15 is 0 Å². The summed E-state index contributed by atoms with van der Waals surface area (Å²) in [5.74, 6) is 0.751. The fourth-order valence-electron chi connectivity index (χ4n) is 2.97. The molecule has 3 rings (SSSR count). The highest BCUT2D eigenvalue weighted by atomic mass is 32.2. The average molecular weight is 400 g/mol. The highest BCUT2D eigenvalue weighted by Crippen LogP contribution is 2.26. The topological polar surface area (TPSA) is 89.8 Å². The molecule has 0 bridgehead atoms. The Hall–Kier alpha value is -2.97. The Morgan fingerprint density at radius 2 is 1.71 bits per heavy atom. The number of methoxy groups -OCH3 is 1. The van der Waals surface area contributed by atoms with E-state index in [1.807, 2.05) is 36.4 Å². The summed E-state index contributed by atoms with van der Waals surface area (Å²) in [6, 6.07) is 15.3. The van der Waals surface area contributed by atoms with E-state index in [0.29, 0.717) is 5.56 Å². The zero-order chi connectivity index (χ0) is 20.5. The number of nitro benzene ring substituents is 1. The average Bonchev–Trinajstić information content (AvgIpc) is 2.67. The van der Waals surface area contributed by atoms with Crippen LogP contribution in [0.1, 0.15) is 11.1 Å². The predicted octanol–water partition coefficient (Wildman–Crippen LogP) is 3.89.